The zero-order valence-electron chi connectivity index (χ0n) is 15.8. The van der Waals surface area contributed by atoms with Crippen LogP contribution < -0.4 is 14.5 Å². The van der Waals surface area contributed by atoms with E-state index in [0.717, 1.165) is 38.1 Å². The van der Waals surface area contributed by atoms with E-state index >= 15 is 0 Å². The lowest BCUT2D eigenvalue weighted by Crippen LogP contribution is -2.31. The number of halogens is 2. The van der Waals surface area contributed by atoms with E-state index in [9.17, 15) is 17.2 Å². The Morgan fingerprint density at radius 3 is 2.36 bits per heavy atom. The molecule has 3 rings (SSSR count). The standard InChI is InChI=1S/C18H23F2N5O2S/c1-24(2)17-16(11-21-18(22-17)25-6-4-3-5-7-25)23-28(26,27)12-13-8-14(19)10-15(20)9-13/h8-11,23H,3-7,12H2,1-2H3. The molecule has 0 amide bonds. The first-order chi connectivity index (χ1) is 13.2. The van der Waals surface area contributed by atoms with Crippen LogP contribution in [0.3, 0.4) is 0 Å². The number of hydrogen-bond donors (Lipinski definition) is 1. The van der Waals surface area contributed by atoms with Crippen LogP contribution in [-0.2, 0) is 15.8 Å². The van der Waals surface area contributed by atoms with Crippen LogP contribution in [0.15, 0.2) is 24.4 Å². The van der Waals surface area contributed by atoms with Gasteiger partial charge in [-0.25, -0.2) is 22.2 Å². The van der Waals surface area contributed by atoms with E-state index in [1.165, 1.54) is 12.6 Å². The lowest BCUT2D eigenvalue weighted by molar-refractivity contribution is 0.568. The maximum Gasteiger partial charge on any atom is 0.237 e. The molecule has 1 saturated heterocycles. The third-order valence-corrected chi connectivity index (χ3v) is 5.61. The largest absolute Gasteiger partial charge is 0.361 e. The monoisotopic (exact) mass is 411 g/mol. The number of sulfonamides is 1. The van der Waals surface area contributed by atoms with Crippen LogP contribution in [0.4, 0.5) is 26.2 Å². The van der Waals surface area contributed by atoms with E-state index in [-0.39, 0.29) is 11.3 Å². The molecule has 1 aromatic heterocycles. The molecule has 1 N–H and O–H groups in total. The lowest BCUT2D eigenvalue weighted by Gasteiger charge is -2.28. The highest BCUT2D eigenvalue weighted by Gasteiger charge is 2.20. The predicted molar refractivity (Wildman–Crippen MR) is 105 cm³/mol. The van der Waals surface area contributed by atoms with E-state index in [0.29, 0.717) is 17.8 Å². The van der Waals surface area contributed by atoms with Gasteiger partial charge in [0.15, 0.2) is 5.82 Å². The fourth-order valence-electron chi connectivity index (χ4n) is 3.14. The molecule has 2 aromatic rings. The minimum atomic E-state index is -3.92. The van der Waals surface area contributed by atoms with Gasteiger partial charge in [-0.3, -0.25) is 4.72 Å². The smallest absolute Gasteiger partial charge is 0.237 e. The molecule has 1 aromatic carbocycles. The van der Waals surface area contributed by atoms with Crippen molar-refractivity contribution >= 4 is 27.5 Å². The van der Waals surface area contributed by atoms with Gasteiger partial charge in [0.1, 0.15) is 17.3 Å². The van der Waals surface area contributed by atoms with Crippen molar-refractivity contribution in [2.45, 2.75) is 25.0 Å². The molecule has 152 valence electrons. The molecule has 10 heteroatoms. The van der Waals surface area contributed by atoms with E-state index in [1.54, 1.807) is 19.0 Å². The van der Waals surface area contributed by atoms with Gasteiger partial charge in [0.2, 0.25) is 16.0 Å². The minimum absolute atomic E-state index is 0.0160. The SMILES string of the molecule is CN(C)c1nc(N2CCCCC2)ncc1NS(=O)(=O)Cc1cc(F)cc(F)c1. The number of benzene rings is 1. The summed E-state index contributed by atoms with van der Waals surface area (Å²) in [5.74, 6) is -1.24. The second kappa shape index (κ2) is 8.26. The number of piperidine rings is 1. The first-order valence-electron chi connectivity index (χ1n) is 8.98. The Balaban J connectivity index is 1.83. The van der Waals surface area contributed by atoms with Crippen LogP contribution >= 0.6 is 0 Å². The Morgan fingerprint density at radius 2 is 1.75 bits per heavy atom. The fraction of sp³-hybridized carbons (Fsp3) is 0.444. The molecular formula is C18H23F2N5O2S. The topological polar surface area (TPSA) is 78.4 Å². The van der Waals surface area contributed by atoms with E-state index in [1.807, 2.05) is 0 Å². The summed E-state index contributed by atoms with van der Waals surface area (Å²) in [5, 5.41) is 0. The van der Waals surface area contributed by atoms with Gasteiger partial charge in [0.25, 0.3) is 0 Å². The maximum atomic E-state index is 13.3. The Morgan fingerprint density at radius 1 is 1.11 bits per heavy atom. The number of hydrogen-bond acceptors (Lipinski definition) is 6. The minimum Gasteiger partial charge on any atom is -0.361 e. The molecule has 7 nitrogen and oxygen atoms in total. The highest BCUT2D eigenvalue weighted by Crippen LogP contribution is 2.26. The van der Waals surface area contributed by atoms with Gasteiger partial charge in [-0.15, -0.1) is 0 Å². The van der Waals surface area contributed by atoms with Gasteiger partial charge in [-0.1, -0.05) is 0 Å². The maximum absolute atomic E-state index is 13.3. The lowest BCUT2D eigenvalue weighted by atomic mass is 10.1. The van der Waals surface area contributed by atoms with Crippen molar-refractivity contribution in [1.82, 2.24) is 9.97 Å². The molecule has 0 aliphatic carbocycles. The highest BCUT2D eigenvalue weighted by atomic mass is 32.2. The second-order valence-corrected chi connectivity index (χ2v) is 8.71. The van der Waals surface area contributed by atoms with Gasteiger partial charge >= 0.3 is 0 Å². The molecule has 1 aliphatic heterocycles. The van der Waals surface area contributed by atoms with E-state index in [4.69, 9.17) is 0 Å². The van der Waals surface area contributed by atoms with Crippen LogP contribution in [-0.4, -0.2) is 45.6 Å². The van der Waals surface area contributed by atoms with Gasteiger partial charge in [-0.2, -0.15) is 4.98 Å². The Labute approximate surface area is 163 Å². The van der Waals surface area contributed by atoms with Crippen molar-refractivity contribution in [2.75, 3.05) is 41.7 Å². The van der Waals surface area contributed by atoms with E-state index < -0.39 is 27.4 Å². The third kappa shape index (κ3) is 5.06. The molecule has 0 spiro atoms. The summed E-state index contributed by atoms with van der Waals surface area (Å²) in [4.78, 5) is 12.6. The van der Waals surface area contributed by atoms with Crippen molar-refractivity contribution in [3.05, 3.63) is 41.6 Å². The number of aromatic nitrogens is 2. The first-order valence-corrected chi connectivity index (χ1v) is 10.6. The predicted octanol–water partition coefficient (Wildman–Crippen LogP) is 2.75. The zero-order chi connectivity index (χ0) is 20.3. The van der Waals surface area contributed by atoms with Gasteiger partial charge in [0, 0.05) is 33.3 Å². The van der Waals surface area contributed by atoms with Gasteiger partial charge in [0.05, 0.1) is 11.9 Å². The summed E-state index contributed by atoms with van der Waals surface area (Å²) < 4.78 is 54.1. The summed E-state index contributed by atoms with van der Waals surface area (Å²) in [5.41, 5.74) is 0.227. The quantitative estimate of drug-likeness (QED) is 0.788. The van der Waals surface area contributed by atoms with Crippen molar-refractivity contribution < 1.29 is 17.2 Å². The summed E-state index contributed by atoms with van der Waals surface area (Å²) in [6, 6.07) is 2.68. The Kier molecular flexibility index (Phi) is 5.97. The number of rotatable bonds is 6. The molecule has 1 aliphatic rings. The van der Waals surface area contributed by atoms with Crippen molar-refractivity contribution in [3.8, 4) is 0 Å². The van der Waals surface area contributed by atoms with E-state index in [2.05, 4.69) is 19.6 Å². The van der Waals surface area contributed by atoms with Crippen LogP contribution in [0.25, 0.3) is 0 Å². The van der Waals surface area contributed by atoms with Crippen molar-refractivity contribution in [1.29, 1.82) is 0 Å². The Hall–Kier alpha value is -2.49. The molecular weight excluding hydrogens is 388 g/mol. The fourth-order valence-corrected chi connectivity index (χ4v) is 4.30. The number of nitrogens with zero attached hydrogens (tertiary/aromatic N) is 4. The normalized spacial score (nSPS) is 14.8. The summed E-state index contributed by atoms with van der Waals surface area (Å²) in [7, 11) is -0.414. The first kappa shape index (κ1) is 20.2. The Bertz CT molecular complexity index is 927. The van der Waals surface area contributed by atoms with Crippen molar-refractivity contribution in [2.24, 2.45) is 0 Å². The molecule has 0 atom stereocenters. The molecule has 0 unspecified atom stereocenters. The molecule has 1 fully saturated rings. The van der Waals surface area contributed by atoms with Gasteiger partial charge in [-0.05, 0) is 37.0 Å². The van der Waals surface area contributed by atoms with Crippen molar-refractivity contribution in [3.63, 3.8) is 0 Å². The van der Waals surface area contributed by atoms with Crippen LogP contribution in [0.1, 0.15) is 24.8 Å². The molecule has 0 bridgehead atoms. The molecule has 2 heterocycles. The highest BCUT2D eigenvalue weighted by molar-refractivity contribution is 7.91. The van der Waals surface area contributed by atoms with Gasteiger partial charge < -0.3 is 9.80 Å². The van der Waals surface area contributed by atoms with Crippen LogP contribution in [0.5, 0.6) is 0 Å². The average molecular weight is 411 g/mol. The van der Waals surface area contributed by atoms with Crippen LogP contribution in [0, 0.1) is 11.6 Å². The summed E-state index contributed by atoms with van der Waals surface area (Å²) >= 11 is 0. The average Bonchev–Trinajstić information content (AvgIpc) is 2.61. The third-order valence-electron chi connectivity index (χ3n) is 4.36. The summed E-state index contributed by atoms with van der Waals surface area (Å²) in [6.07, 6.45) is 4.74. The zero-order valence-corrected chi connectivity index (χ0v) is 16.6. The molecule has 0 radical (unpaired) electrons. The second-order valence-electron chi connectivity index (χ2n) is 6.99. The van der Waals surface area contributed by atoms with Crippen LogP contribution in [0.2, 0.25) is 0 Å². The molecule has 28 heavy (non-hydrogen) atoms. The number of anilines is 3. The summed E-state index contributed by atoms with van der Waals surface area (Å²) in [6.45, 7) is 1.73. The number of nitrogens with one attached hydrogen (secondary N) is 1. The molecule has 0 saturated carbocycles.